The van der Waals surface area contributed by atoms with Crippen LogP contribution in [0.3, 0.4) is 0 Å². The Morgan fingerprint density at radius 1 is 1.29 bits per heavy atom. The fraction of sp³-hybridized carbons (Fsp3) is 0.600. The maximum absolute atomic E-state index is 12.7. The van der Waals surface area contributed by atoms with Crippen LogP contribution in [0.2, 0.25) is 0 Å². The van der Waals surface area contributed by atoms with Crippen LogP contribution in [0.1, 0.15) is 56.8 Å². The van der Waals surface area contributed by atoms with E-state index in [2.05, 4.69) is 10.3 Å². The highest BCUT2D eigenvalue weighted by Crippen LogP contribution is 2.58. The van der Waals surface area contributed by atoms with Crippen LogP contribution in [-0.2, 0) is 4.79 Å². The van der Waals surface area contributed by atoms with Crippen LogP contribution in [0.4, 0.5) is 4.79 Å². The van der Waals surface area contributed by atoms with Crippen molar-refractivity contribution in [1.29, 1.82) is 0 Å². The molecule has 2 heterocycles. The van der Waals surface area contributed by atoms with E-state index >= 15 is 0 Å². The van der Waals surface area contributed by atoms with Crippen LogP contribution in [0.15, 0.2) is 18.3 Å². The minimum atomic E-state index is -0.562. The van der Waals surface area contributed by atoms with E-state index in [1.807, 2.05) is 20.8 Å². The first-order valence-corrected chi connectivity index (χ1v) is 9.65. The molecule has 1 spiro atoms. The van der Waals surface area contributed by atoms with Crippen molar-refractivity contribution in [2.45, 2.75) is 64.6 Å². The van der Waals surface area contributed by atoms with Gasteiger partial charge in [-0.1, -0.05) is 20.8 Å². The first-order valence-electron chi connectivity index (χ1n) is 9.65. The van der Waals surface area contributed by atoms with Crippen LogP contribution in [0.5, 0.6) is 5.88 Å². The fourth-order valence-electron chi connectivity index (χ4n) is 4.70. The quantitative estimate of drug-likeness (QED) is 0.766. The maximum atomic E-state index is 12.7. The summed E-state index contributed by atoms with van der Waals surface area (Å²) in [6.45, 7) is 5.86. The van der Waals surface area contributed by atoms with Crippen LogP contribution in [0, 0.1) is 10.8 Å². The molecule has 4 amide bonds. The number of amides is 4. The van der Waals surface area contributed by atoms with E-state index in [1.165, 1.54) is 4.90 Å². The number of nitrogens with two attached hydrogens (primary N) is 1. The summed E-state index contributed by atoms with van der Waals surface area (Å²) >= 11 is 0. The number of imide groups is 1. The van der Waals surface area contributed by atoms with E-state index < -0.39 is 11.9 Å². The van der Waals surface area contributed by atoms with Crippen LogP contribution >= 0.6 is 0 Å². The Bertz CT molecular complexity index is 833. The molecule has 0 aromatic carbocycles. The fourth-order valence-corrected chi connectivity index (χ4v) is 4.70. The molecule has 8 heteroatoms. The summed E-state index contributed by atoms with van der Waals surface area (Å²) in [4.78, 5) is 42.0. The molecule has 2 saturated carbocycles. The third-order valence-electron chi connectivity index (χ3n) is 6.18. The van der Waals surface area contributed by atoms with E-state index in [1.54, 1.807) is 18.3 Å². The van der Waals surface area contributed by atoms with Gasteiger partial charge in [-0.2, -0.15) is 0 Å². The van der Waals surface area contributed by atoms with Gasteiger partial charge in [0.25, 0.3) is 11.8 Å². The summed E-state index contributed by atoms with van der Waals surface area (Å²) < 4.78 is 5.87. The molecule has 1 saturated heterocycles. The molecule has 0 radical (unpaired) electrons. The summed E-state index contributed by atoms with van der Waals surface area (Å²) in [6, 6.07) is 2.45. The normalized spacial score (nSPS) is 32.0. The number of hydrogen-bond donors (Lipinski definition) is 2. The zero-order valence-electron chi connectivity index (χ0n) is 16.4. The van der Waals surface area contributed by atoms with E-state index in [0.717, 1.165) is 25.7 Å². The maximum Gasteiger partial charge on any atom is 0.325 e. The standard InChI is InChI=1S/C20H26N4O4/c1-19(2,3)14-17(26)24(18(27)23-14)11-7-20(8-11)9-12(10-20)28-16-13(15(21)25)5-4-6-22-16/h4-6,11-12,14H,7-10H2,1-3H3,(H2,21,25)(H,23,27). The number of carbonyl (C=O) groups excluding carboxylic acids is 3. The number of nitrogens with one attached hydrogen (secondary N) is 1. The van der Waals surface area contributed by atoms with Crippen LogP contribution in [0.25, 0.3) is 0 Å². The molecule has 1 unspecified atom stereocenters. The molecule has 1 aliphatic heterocycles. The lowest BCUT2D eigenvalue weighted by Crippen LogP contribution is -2.60. The van der Waals surface area contributed by atoms with Gasteiger partial charge in [-0.05, 0) is 48.6 Å². The molecular weight excluding hydrogens is 360 g/mol. The number of rotatable bonds is 4. The monoisotopic (exact) mass is 386 g/mol. The minimum Gasteiger partial charge on any atom is -0.474 e. The molecule has 4 rings (SSSR count). The summed E-state index contributed by atoms with van der Waals surface area (Å²) in [5.74, 6) is -0.412. The smallest absolute Gasteiger partial charge is 0.325 e. The van der Waals surface area contributed by atoms with Gasteiger partial charge in [0.15, 0.2) is 0 Å². The predicted octanol–water partition coefficient (Wildman–Crippen LogP) is 1.84. The number of ether oxygens (including phenoxy) is 1. The molecule has 8 nitrogen and oxygen atoms in total. The van der Waals surface area contributed by atoms with Gasteiger partial charge in [-0.3, -0.25) is 14.5 Å². The van der Waals surface area contributed by atoms with Crippen LogP contribution < -0.4 is 15.8 Å². The second kappa shape index (κ2) is 6.18. The van der Waals surface area contributed by atoms with E-state index in [4.69, 9.17) is 10.5 Å². The number of nitrogens with zero attached hydrogens (tertiary/aromatic N) is 2. The lowest BCUT2D eigenvalue weighted by molar-refractivity contribution is -0.142. The van der Waals surface area contributed by atoms with Crippen molar-refractivity contribution >= 4 is 17.8 Å². The Labute approximate surface area is 163 Å². The molecule has 3 aliphatic rings. The van der Waals surface area contributed by atoms with Crippen molar-refractivity contribution in [1.82, 2.24) is 15.2 Å². The Kier molecular flexibility index (Phi) is 4.13. The van der Waals surface area contributed by atoms with Crippen LogP contribution in [-0.4, -0.2) is 45.9 Å². The van der Waals surface area contributed by atoms with Gasteiger partial charge in [0, 0.05) is 12.2 Å². The molecule has 3 fully saturated rings. The predicted molar refractivity (Wildman–Crippen MR) is 100 cm³/mol. The average molecular weight is 386 g/mol. The van der Waals surface area contributed by atoms with Gasteiger partial charge < -0.3 is 15.8 Å². The van der Waals surface area contributed by atoms with Gasteiger partial charge >= 0.3 is 6.03 Å². The van der Waals surface area contributed by atoms with Gasteiger partial charge in [0.1, 0.15) is 17.7 Å². The van der Waals surface area contributed by atoms with Gasteiger partial charge in [-0.15, -0.1) is 0 Å². The van der Waals surface area contributed by atoms with Crippen molar-refractivity contribution in [2.24, 2.45) is 16.6 Å². The largest absolute Gasteiger partial charge is 0.474 e. The first-order chi connectivity index (χ1) is 13.1. The van der Waals surface area contributed by atoms with Gasteiger partial charge in [0.2, 0.25) is 5.88 Å². The van der Waals surface area contributed by atoms with E-state index in [-0.39, 0.29) is 46.4 Å². The molecule has 3 N–H and O–H groups in total. The number of hydrogen-bond acceptors (Lipinski definition) is 5. The number of pyridine rings is 1. The summed E-state index contributed by atoms with van der Waals surface area (Å²) in [5.41, 5.74) is 5.44. The molecule has 28 heavy (non-hydrogen) atoms. The molecule has 0 bridgehead atoms. The van der Waals surface area contributed by atoms with E-state index in [0.29, 0.717) is 0 Å². The molecule has 150 valence electrons. The molecule has 1 aromatic heterocycles. The SMILES string of the molecule is CC(C)(C)C1NC(=O)N(C2CC3(CC(Oc4ncccc4C(N)=O)C3)C2)C1=O. The Hall–Kier alpha value is -2.64. The Morgan fingerprint density at radius 3 is 2.54 bits per heavy atom. The molecule has 1 atom stereocenters. The van der Waals surface area contributed by atoms with Crippen molar-refractivity contribution < 1.29 is 19.1 Å². The number of urea groups is 1. The topological polar surface area (TPSA) is 115 Å². The third kappa shape index (κ3) is 3.00. The summed E-state index contributed by atoms with van der Waals surface area (Å²) in [7, 11) is 0. The van der Waals surface area contributed by atoms with E-state index in [9.17, 15) is 14.4 Å². The Morgan fingerprint density at radius 2 is 1.96 bits per heavy atom. The highest BCUT2D eigenvalue weighted by molar-refractivity contribution is 6.05. The van der Waals surface area contributed by atoms with Gasteiger partial charge in [-0.25, -0.2) is 9.78 Å². The summed E-state index contributed by atoms with van der Waals surface area (Å²) in [6.07, 6.45) is 4.79. The second-order valence-corrected chi connectivity index (χ2v) is 9.39. The van der Waals surface area contributed by atoms with Crippen molar-refractivity contribution in [3.8, 4) is 5.88 Å². The molecule has 1 aromatic rings. The molecule has 2 aliphatic carbocycles. The van der Waals surface area contributed by atoms with Gasteiger partial charge in [0.05, 0.1) is 0 Å². The highest BCUT2D eigenvalue weighted by Gasteiger charge is 2.59. The minimum absolute atomic E-state index is 0.0284. The highest BCUT2D eigenvalue weighted by atomic mass is 16.5. The van der Waals surface area contributed by atoms with Crippen molar-refractivity contribution in [3.63, 3.8) is 0 Å². The number of carbonyl (C=O) groups is 3. The zero-order valence-corrected chi connectivity index (χ0v) is 16.4. The average Bonchev–Trinajstić information content (AvgIpc) is 2.84. The third-order valence-corrected chi connectivity index (χ3v) is 6.18. The zero-order chi connectivity index (χ0) is 20.3. The second-order valence-electron chi connectivity index (χ2n) is 9.39. The lowest BCUT2D eigenvalue weighted by atomic mass is 9.52. The Balaban J connectivity index is 1.33. The first kappa shape index (κ1) is 18.7. The molecular formula is C20H26N4O4. The van der Waals surface area contributed by atoms with Crippen molar-refractivity contribution in [3.05, 3.63) is 23.9 Å². The summed E-state index contributed by atoms with van der Waals surface area (Å²) in [5, 5.41) is 2.83. The lowest BCUT2D eigenvalue weighted by Gasteiger charge is -2.58. The van der Waals surface area contributed by atoms with Crippen molar-refractivity contribution in [2.75, 3.05) is 0 Å². The number of aromatic nitrogens is 1. The number of primary amides is 1.